The van der Waals surface area contributed by atoms with Crippen LogP contribution in [0.15, 0.2) is 24.7 Å². The van der Waals surface area contributed by atoms with Crippen LogP contribution in [-0.2, 0) is 0 Å². The number of nitrogens with zero attached hydrogens (tertiary/aromatic N) is 4. The number of nitrogen functional groups attached to an aromatic ring is 1. The summed E-state index contributed by atoms with van der Waals surface area (Å²) in [6.07, 6.45) is 4.36. The Morgan fingerprint density at radius 2 is 2.27 bits per heavy atom. The molecule has 2 aromatic rings. The lowest BCUT2D eigenvalue weighted by Gasteiger charge is -2.19. The van der Waals surface area contributed by atoms with Crippen LogP contribution in [0.25, 0.3) is 0 Å². The van der Waals surface area contributed by atoms with Crippen LogP contribution in [0.4, 0.5) is 17.5 Å². The standard InChI is InChI=1S/C15H19ClN6/c1-10-2-4-18-12(6-10)19-7-11-3-5-22(8-11)15-13(16)14(17)20-9-21-15/h2,4,6,9,11H,3,5,7-8H2,1H3,(H,18,19)(H2,17,20,21). The Balaban J connectivity index is 1.59. The molecule has 1 saturated heterocycles. The Kier molecular flexibility index (Phi) is 4.29. The number of hydrogen-bond donors (Lipinski definition) is 2. The van der Waals surface area contributed by atoms with E-state index < -0.39 is 0 Å². The van der Waals surface area contributed by atoms with Crippen LogP contribution < -0.4 is 16.0 Å². The summed E-state index contributed by atoms with van der Waals surface area (Å²) in [5, 5.41) is 3.84. The maximum Gasteiger partial charge on any atom is 0.153 e. The summed E-state index contributed by atoms with van der Waals surface area (Å²) in [7, 11) is 0. The molecule has 0 amide bonds. The zero-order valence-electron chi connectivity index (χ0n) is 12.5. The molecular weight excluding hydrogens is 300 g/mol. The van der Waals surface area contributed by atoms with E-state index in [1.165, 1.54) is 11.9 Å². The van der Waals surface area contributed by atoms with Gasteiger partial charge in [0.15, 0.2) is 5.82 Å². The first-order chi connectivity index (χ1) is 10.6. The first-order valence-corrected chi connectivity index (χ1v) is 7.68. The summed E-state index contributed by atoms with van der Waals surface area (Å²) < 4.78 is 0. The lowest BCUT2D eigenvalue weighted by molar-refractivity contribution is 0.621. The molecule has 0 saturated carbocycles. The molecule has 1 fully saturated rings. The van der Waals surface area contributed by atoms with Gasteiger partial charge in [0.25, 0.3) is 0 Å². The van der Waals surface area contributed by atoms with Crippen LogP contribution in [0.3, 0.4) is 0 Å². The lowest BCUT2D eigenvalue weighted by atomic mass is 10.1. The number of halogens is 1. The highest BCUT2D eigenvalue weighted by molar-refractivity contribution is 6.35. The van der Waals surface area contributed by atoms with E-state index in [0.717, 1.165) is 37.7 Å². The van der Waals surface area contributed by atoms with Gasteiger partial charge in [0.1, 0.15) is 23.0 Å². The molecule has 0 aromatic carbocycles. The molecule has 116 valence electrons. The van der Waals surface area contributed by atoms with Crippen molar-refractivity contribution in [3.05, 3.63) is 35.2 Å². The van der Waals surface area contributed by atoms with Crippen LogP contribution in [0.2, 0.25) is 5.02 Å². The minimum atomic E-state index is 0.331. The molecule has 0 aliphatic carbocycles. The number of nitrogens with one attached hydrogen (secondary N) is 1. The first kappa shape index (κ1) is 14.8. The van der Waals surface area contributed by atoms with Crippen molar-refractivity contribution in [1.82, 2.24) is 15.0 Å². The smallest absolute Gasteiger partial charge is 0.153 e. The summed E-state index contributed by atoms with van der Waals surface area (Å²) in [5.41, 5.74) is 6.94. The molecular formula is C15H19ClN6. The van der Waals surface area contributed by atoms with E-state index >= 15 is 0 Å². The second-order valence-corrected chi connectivity index (χ2v) is 5.97. The highest BCUT2D eigenvalue weighted by atomic mass is 35.5. The van der Waals surface area contributed by atoms with Gasteiger partial charge in [-0.15, -0.1) is 0 Å². The summed E-state index contributed by atoms with van der Waals surface area (Å²) >= 11 is 6.19. The van der Waals surface area contributed by atoms with Crippen LogP contribution in [-0.4, -0.2) is 34.6 Å². The van der Waals surface area contributed by atoms with Gasteiger partial charge in [-0.3, -0.25) is 0 Å². The van der Waals surface area contributed by atoms with Gasteiger partial charge in [-0.1, -0.05) is 11.6 Å². The second kappa shape index (κ2) is 6.36. The Labute approximate surface area is 134 Å². The number of pyridine rings is 1. The monoisotopic (exact) mass is 318 g/mol. The van der Waals surface area contributed by atoms with E-state index in [-0.39, 0.29) is 0 Å². The highest BCUT2D eigenvalue weighted by Gasteiger charge is 2.25. The van der Waals surface area contributed by atoms with Gasteiger partial charge in [0.2, 0.25) is 0 Å². The molecule has 3 heterocycles. The average molecular weight is 319 g/mol. The van der Waals surface area contributed by atoms with Crippen molar-refractivity contribution in [3.63, 3.8) is 0 Å². The lowest BCUT2D eigenvalue weighted by Crippen LogP contribution is -2.24. The molecule has 7 heteroatoms. The fourth-order valence-electron chi connectivity index (χ4n) is 2.67. The van der Waals surface area contributed by atoms with E-state index in [1.807, 2.05) is 12.3 Å². The van der Waals surface area contributed by atoms with Gasteiger partial charge < -0.3 is 16.0 Å². The zero-order chi connectivity index (χ0) is 15.5. The van der Waals surface area contributed by atoms with Crippen LogP contribution >= 0.6 is 11.6 Å². The Hall–Kier alpha value is -2.08. The van der Waals surface area contributed by atoms with Crippen LogP contribution in [0.5, 0.6) is 0 Å². The quantitative estimate of drug-likeness (QED) is 0.900. The second-order valence-electron chi connectivity index (χ2n) is 5.60. The predicted octanol–water partition coefficient (Wildman–Crippen LogP) is 2.35. The third-order valence-electron chi connectivity index (χ3n) is 3.87. The van der Waals surface area contributed by atoms with Crippen molar-refractivity contribution in [2.45, 2.75) is 13.3 Å². The van der Waals surface area contributed by atoms with Crippen molar-refractivity contribution >= 4 is 29.1 Å². The number of aromatic nitrogens is 3. The topological polar surface area (TPSA) is 80.0 Å². The Morgan fingerprint density at radius 1 is 1.41 bits per heavy atom. The zero-order valence-corrected chi connectivity index (χ0v) is 13.2. The van der Waals surface area contributed by atoms with Crippen molar-refractivity contribution < 1.29 is 0 Å². The number of nitrogens with two attached hydrogens (primary N) is 1. The van der Waals surface area contributed by atoms with Crippen LogP contribution in [0, 0.1) is 12.8 Å². The summed E-state index contributed by atoms with van der Waals surface area (Å²) in [6, 6.07) is 4.04. The first-order valence-electron chi connectivity index (χ1n) is 7.31. The fourth-order valence-corrected chi connectivity index (χ4v) is 2.88. The van der Waals surface area contributed by atoms with Crippen molar-refractivity contribution in [3.8, 4) is 0 Å². The molecule has 22 heavy (non-hydrogen) atoms. The molecule has 1 atom stereocenters. The molecule has 0 spiro atoms. The third kappa shape index (κ3) is 3.22. The largest absolute Gasteiger partial charge is 0.382 e. The van der Waals surface area contributed by atoms with Gasteiger partial charge in [0, 0.05) is 25.8 Å². The Morgan fingerprint density at radius 3 is 3.09 bits per heavy atom. The molecule has 0 radical (unpaired) electrons. The van der Waals surface area contributed by atoms with Crippen molar-refractivity contribution in [2.75, 3.05) is 35.6 Å². The van der Waals surface area contributed by atoms with Gasteiger partial charge in [0.05, 0.1) is 0 Å². The van der Waals surface area contributed by atoms with Gasteiger partial charge in [-0.2, -0.15) is 0 Å². The molecule has 1 aliphatic heterocycles. The Bertz CT molecular complexity index is 662. The van der Waals surface area contributed by atoms with Gasteiger partial charge in [-0.05, 0) is 37.0 Å². The number of aryl methyl sites for hydroxylation is 1. The predicted molar refractivity (Wildman–Crippen MR) is 89.2 cm³/mol. The molecule has 0 bridgehead atoms. The van der Waals surface area contributed by atoms with E-state index in [4.69, 9.17) is 17.3 Å². The van der Waals surface area contributed by atoms with Crippen molar-refractivity contribution in [2.24, 2.45) is 5.92 Å². The molecule has 6 nitrogen and oxygen atoms in total. The normalized spacial score (nSPS) is 17.7. The van der Waals surface area contributed by atoms with E-state index in [0.29, 0.717) is 16.8 Å². The minimum absolute atomic E-state index is 0.331. The van der Waals surface area contributed by atoms with E-state index in [2.05, 4.69) is 38.2 Å². The van der Waals surface area contributed by atoms with Crippen molar-refractivity contribution in [1.29, 1.82) is 0 Å². The number of rotatable bonds is 4. The van der Waals surface area contributed by atoms with Gasteiger partial charge >= 0.3 is 0 Å². The average Bonchev–Trinajstić information content (AvgIpc) is 2.97. The summed E-state index contributed by atoms with van der Waals surface area (Å²) in [4.78, 5) is 14.6. The fraction of sp³-hybridized carbons (Fsp3) is 0.400. The maximum atomic E-state index is 6.19. The number of hydrogen-bond acceptors (Lipinski definition) is 6. The molecule has 3 N–H and O–H groups in total. The van der Waals surface area contributed by atoms with Gasteiger partial charge in [-0.25, -0.2) is 15.0 Å². The highest BCUT2D eigenvalue weighted by Crippen LogP contribution is 2.30. The van der Waals surface area contributed by atoms with Crippen LogP contribution in [0.1, 0.15) is 12.0 Å². The SMILES string of the molecule is Cc1ccnc(NCC2CCN(c3ncnc(N)c3Cl)C2)c1. The number of anilines is 3. The molecule has 1 aliphatic rings. The maximum absolute atomic E-state index is 6.19. The summed E-state index contributed by atoms with van der Waals surface area (Å²) in [5.74, 6) is 2.50. The molecule has 3 rings (SSSR count). The van der Waals surface area contributed by atoms with E-state index in [9.17, 15) is 0 Å². The van der Waals surface area contributed by atoms with E-state index in [1.54, 1.807) is 0 Å². The molecule has 2 aromatic heterocycles. The minimum Gasteiger partial charge on any atom is -0.382 e. The summed E-state index contributed by atoms with van der Waals surface area (Å²) in [6.45, 7) is 4.76. The third-order valence-corrected chi connectivity index (χ3v) is 4.23. The molecule has 1 unspecified atom stereocenters.